The van der Waals surface area contributed by atoms with E-state index in [0.717, 1.165) is 35.6 Å². The van der Waals surface area contributed by atoms with Crippen LogP contribution in [-0.2, 0) is 12.8 Å². The number of nitrogens with zero attached hydrogens (tertiary/aromatic N) is 2. The van der Waals surface area contributed by atoms with Crippen LogP contribution in [0.25, 0.3) is 86.9 Å². The molecule has 0 fully saturated rings. The summed E-state index contributed by atoms with van der Waals surface area (Å²) in [5, 5.41) is 15.4. The van der Waals surface area contributed by atoms with E-state index in [1.807, 2.05) is 0 Å². The van der Waals surface area contributed by atoms with Gasteiger partial charge in [-0.1, -0.05) is 184 Å². The van der Waals surface area contributed by atoms with E-state index in [9.17, 15) is 0 Å². The van der Waals surface area contributed by atoms with Gasteiger partial charge in [0.15, 0.2) is 0 Å². The zero-order valence-electron chi connectivity index (χ0n) is 38.2. The summed E-state index contributed by atoms with van der Waals surface area (Å²) in [6, 6.07) is 85.7. The molecular formula is C66H48N2. The molecule has 0 aromatic heterocycles. The normalized spacial score (nSPS) is 11.8. The lowest BCUT2D eigenvalue weighted by Crippen LogP contribution is -2.10. The Labute approximate surface area is 397 Å². The van der Waals surface area contributed by atoms with Crippen molar-refractivity contribution in [3.8, 4) is 22.3 Å². The lowest BCUT2D eigenvalue weighted by atomic mass is 9.87. The minimum absolute atomic E-state index is 1.00. The summed E-state index contributed by atoms with van der Waals surface area (Å²) >= 11 is 0. The van der Waals surface area contributed by atoms with Gasteiger partial charge in [0.05, 0.1) is 11.4 Å². The fraction of sp³-hybridized carbons (Fsp3) is 0.0606. The standard InChI is InChI=1S/C66H48N2/c1-3-43-31-35-49(36-32-43)67(47-23-13-7-14-24-47)57-41-39-55-61-51(57)27-17-29-53(61)63-59(45-19-9-5-10-20-45)66-56-40-42-58(68(48-25-15-8-16-26-48)50-37-33-44(4-2)34-38-50)52-28-18-30-54(62(52)56)64(66)60(65(55)63)46-21-11-6-12-22-46/h5-42H,3-4H2,1-2H3. The summed E-state index contributed by atoms with van der Waals surface area (Å²) in [5.74, 6) is 0. The molecule has 0 N–H and O–H groups in total. The minimum Gasteiger partial charge on any atom is -0.310 e. The van der Waals surface area contributed by atoms with Crippen molar-refractivity contribution in [1.82, 2.24) is 0 Å². The van der Waals surface area contributed by atoms with Crippen LogP contribution in [0.2, 0.25) is 0 Å². The number of hydrogen-bond donors (Lipinski definition) is 0. The molecule has 13 aromatic carbocycles. The summed E-state index contributed by atoms with van der Waals surface area (Å²) in [6.45, 7) is 4.44. The molecule has 0 aliphatic heterocycles. The van der Waals surface area contributed by atoms with Gasteiger partial charge in [0, 0.05) is 33.5 Å². The third-order valence-corrected chi connectivity index (χ3v) is 14.5. The van der Waals surface area contributed by atoms with E-state index in [1.54, 1.807) is 0 Å². The second kappa shape index (κ2) is 16.2. The van der Waals surface area contributed by atoms with Crippen LogP contribution in [0, 0.1) is 0 Å². The Morgan fingerprint density at radius 1 is 0.250 bits per heavy atom. The molecule has 13 aromatic rings. The maximum Gasteiger partial charge on any atom is 0.0540 e. The molecule has 2 nitrogen and oxygen atoms in total. The Kier molecular flexibility index (Phi) is 9.47. The van der Waals surface area contributed by atoms with Crippen LogP contribution in [0.1, 0.15) is 25.0 Å². The molecule has 0 saturated carbocycles. The molecule has 0 atom stereocenters. The Morgan fingerprint density at radius 3 is 0.912 bits per heavy atom. The van der Waals surface area contributed by atoms with Gasteiger partial charge >= 0.3 is 0 Å². The van der Waals surface area contributed by atoms with Gasteiger partial charge in [-0.05, 0) is 161 Å². The van der Waals surface area contributed by atoms with E-state index in [1.165, 1.54) is 109 Å². The van der Waals surface area contributed by atoms with Crippen molar-refractivity contribution in [3.05, 3.63) is 242 Å². The molecule has 13 rings (SSSR count). The van der Waals surface area contributed by atoms with E-state index >= 15 is 0 Å². The van der Waals surface area contributed by atoms with Crippen LogP contribution < -0.4 is 9.80 Å². The summed E-state index contributed by atoms with van der Waals surface area (Å²) in [4.78, 5) is 4.87. The molecule has 0 spiro atoms. The molecule has 2 heteroatoms. The molecule has 0 unspecified atom stereocenters. The molecule has 0 saturated heterocycles. The van der Waals surface area contributed by atoms with Crippen molar-refractivity contribution in [3.63, 3.8) is 0 Å². The van der Waals surface area contributed by atoms with E-state index in [2.05, 4.69) is 254 Å². The van der Waals surface area contributed by atoms with Crippen LogP contribution in [0.5, 0.6) is 0 Å². The van der Waals surface area contributed by atoms with Gasteiger partial charge in [0.1, 0.15) is 0 Å². The number of rotatable bonds is 10. The third-order valence-electron chi connectivity index (χ3n) is 14.5. The molecule has 322 valence electrons. The second-order valence-electron chi connectivity index (χ2n) is 18.1. The lowest BCUT2D eigenvalue weighted by Gasteiger charge is -2.27. The van der Waals surface area contributed by atoms with Gasteiger partial charge in [0.25, 0.3) is 0 Å². The van der Waals surface area contributed by atoms with E-state index in [4.69, 9.17) is 0 Å². The van der Waals surface area contributed by atoms with Crippen molar-refractivity contribution >= 4 is 98.8 Å². The van der Waals surface area contributed by atoms with Gasteiger partial charge < -0.3 is 9.80 Å². The highest BCUT2D eigenvalue weighted by molar-refractivity contribution is 6.47. The first kappa shape index (κ1) is 39.9. The first-order chi connectivity index (χ1) is 33.7. The van der Waals surface area contributed by atoms with Gasteiger partial charge in [0.2, 0.25) is 0 Å². The highest BCUT2D eigenvalue weighted by atomic mass is 15.1. The monoisotopic (exact) mass is 868 g/mol. The van der Waals surface area contributed by atoms with Crippen molar-refractivity contribution in [2.75, 3.05) is 9.80 Å². The first-order valence-corrected chi connectivity index (χ1v) is 24.1. The number of benzene rings is 11. The van der Waals surface area contributed by atoms with Gasteiger partial charge in [-0.25, -0.2) is 0 Å². The van der Waals surface area contributed by atoms with Crippen LogP contribution in [0.3, 0.4) is 0 Å². The Morgan fingerprint density at radius 2 is 0.559 bits per heavy atom. The SMILES string of the molecule is CCc1ccc(N(c2ccccc2)c2ccc3c4c(-c5ccccc5)c5c6cccc7c(N(c8ccccc8)c8ccc(CC)cc8)ccc(c5c(-c5ccccc5)c4c4cccc2c43)c76)cc1. The lowest BCUT2D eigenvalue weighted by molar-refractivity contribution is 1.14. The number of hydrogen-bond acceptors (Lipinski definition) is 2. The molecule has 0 bridgehead atoms. The number of fused-ring (bicyclic) bond motifs is 6. The molecular weight excluding hydrogens is 821 g/mol. The van der Waals surface area contributed by atoms with E-state index in [-0.39, 0.29) is 0 Å². The molecule has 0 aliphatic carbocycles. The predicted molar refractivity (Wildman–Crippen MR) is 293 cm³/mol. The summed E-state index contributed by atoms with van der Waals surface area (Å²) in [5.41, 5.74) is 14.6. The highest BCUT2D eigenvalue weighted by Gasteiger charge is 2.29. The highest BCUT2D eigenvalue weighted by Crippen LogP contribution is 2.57. The van der Waals surface area contributed by atoms with Crippen molar-refractivity contribution in [2.45, 2.75) is 26.7 Å². The smallest absolute Gasteiger partial charge is 0.0540 e. The average molecular weight is 869 g/mol. The van der Waals surface area contributed by atoms with Gasteiger partial charge in [-0.3, -0.25) is 0 Å². The Bertz CT molecular complexity index is 3620. The zero-order chi connectivity index (χ0) is 45.3. The average Bonchev–Trinajstić information content (AvgIpc) is 3.92. The number of aryl methyl sites for hydroxylation is 2. The largest absolute Gasteiger partial charge is 0.310 e. The maximum absolute atomic E-state index is 2.44. The predicted octanol–water partition coefficient (Wildman–Crippen LogP) is 18.9. The Hall–Kier alpha value is -8.46. The van der Waals surface area contributed by atoms with Gasteiger partial charge in [-0.2, -0.15) is 0 Å². The van der Waals surface area contributed by atoms with Crippen molar-refractivity contribution in [2.24, 2.45) is 0 Å². The fourth-order valence-electron chi connectivity index (χ4n) is 11.4. The third kappa shape index (κ3) is 6.11. The minimum atomic E-state index is 1.00. The second-order valence-corrected chi connectivity index (χ2v) is 18.1. The van der Waals surface area contributed by atoms with Crippen LogP contribution in [0.4, 0.5) is 34.1 Å². The van der Waals surface area contributed by atoms with Crippen molar-refractivity contribution < 1.29 is 0 Å². The van der Waals surface area contributed by atoms with Crippen LogP contribution >= 0.6 is 0 Å². The molecule has 68 heavy (non-hydrogen) atoms. The maximum atomic E-state index is 2.44. The summed E-state index contributed by atoms with van der Waals surface area (Å²) < 4.78 is 0. The fourth-order valence-corrected chi connectivity index (χ4v) is 11.4. The first-order valence-electron chi connectivity index (χ1n) is 24.1. The molecule has 0 amide bonds. The van der Waals surface area contributed by atoms with Gasteiger partial charge in [-0.15, -0.1) is 0 Å². The topological polar surface area (TPSA) is 6.48 Å². The molecule has 0 radical (unpaired) electrons. The van der Waals surface area contributed by atoms with Crippen LogP contribution in [-0.4, -0.2) is 0 Å². The number of para-hydroxylation sites is 2. The van der Waals surface area contributed by atoms with Crippen molar-refractivity contribution in [1.29, 1.82) is 0 Å². The quantitative estimate of drug-likeness (QED) is 0.135. The zero-order valence-corrected chi connectivity index (χ0v) is 38.2. The number of anilines is 6. The molecule has 0 aliphatic rings. The summed E-state index contributed by atoms with van der Waals surface area (Å²) in [7, 11) is 0. The van der Waals surface area contributed by atoms with E-state index < -0.39 is 0 Å². The molecule has 0 heterocycles. The summed E-state index contributed by atoms with van der Waals surface area (Å²) in [6.07, 6.45) is 2.00. The van der Waals surface area contributed by atoms with E-state index in [0.29, 0.717) is 0 Å². The Balaban J connectivity index is 1.18. The van der Waals surface area contributed by atoms with Crippen LogP contribution in [0.15, 0.2) is 231 Å².